The van der Waals surface area contributed by atoms with Crippen LogP contribution in [-0.2, 0) is 16.1 Å². The van der Waals surface area contributed by atoms with Crippen molar-refractivity contribution in [1.29, 1.82) is 0 Å². The third kappa shape index (κ3) is 5.54. The predicted octanol–water partition coefficient (Wildman–Crippen LogP) is 4.14. The van der Waals surface area contributed by atoms with E-state index in [4.69, 9.17) is 4.74 Å². The molecular formula is C26H30N2O3. The molecule has 1 saturated carbocycles. The molecule has 0 radical (unpaired) electrons. The van der Waals surface area contributed by atoms with Gasteiger partial charge in [-0.2, -0.15) is 0 Å². The normalized spacial score (nSPS) is 17.0. The lowest BCUT2D eigenvalue weighted by molar-refractivity contribution is -0.140. The summed E-state index contributed by atoms with van der Waals surface area (Å²) in [5, 5.41) is 0. The molecule has 1 saturated heterocycles. The maximum Gasteiger partial charge on any atom is 0.246 e. The molecule has 2 fully saturated rings. The molecule has 162 valence electrons. The fourth-order valence-electron chi connectivity index (χ4n) is 4.12. The minimum atomic E-state index is 0.000927. The fraction of sp³-hybridized carbons (Fsp3) is 0.385. The molecule has 5 heteroatoms. The Labute approximate surface area is 184 Å². The summed E-state index contributed by atoms with van der Waals surface area (Å²) >= 11 is 0. The second-order valence-corrected chi connectivity index (χ2v) is 8.39. The topological polar surface area (TPSA) is 49.9 Å². The Morgan fingerprint density at radius 3 is 2.29 bits per heavy atom. The lowest BCUT2D eigenvalue weighted by atomic mass is 9.94. The third-order valence-electron chi connectivity index (χ3n) is 6.16. The Bertz CT molecular complexity index is 911. The summed E-state index contributed by atoms with van der Waals surface area (Å²) in [5.41, 5.74) is 2.14. The van der Waals surface area contributed by atoms with Gasteiger partial charge in [-0.3, -0.25) is 9.59 Å². The SMILES string of the molecule is COc1ccc(CN(C(=O)C2CCN(C(=O)C=Cc3ccccc3)CC2)C2CC2)cc1. The van der Waals surface area contributed by atoms with Gasteiger partial charge < -0.3 is 14.5 Å². The number of hydrogen-bond donors (Lipinski definition) is 0. The predicted molar refractivity (Wildman–Crippen MR) is 121 cm³/mol. The van der Waals surface area contributed by atoms with Gasteiger partial charge >= 0.3 is 0 Å². The van der Waals surface area contributed by atoms with E-state index in [9.17, 15) is 9.59 Å². The van der Waals surface area contributed by atoms with Gasteiger partial charge in [-0.1, -0.05) is 42.5 Å². The molecule has 1 aliphatic heterocycles. The molecule has 0 N–H and O–H groups in total. The summed E-state index contributed by atoms with van der Waals surface area (Å²) in [6.07, 6.45) is 7.12. The van der Waals surface area contributed by atoms with Crippen LogP contribution in [0, 0.1) is 5.92 Å². The van der Waals surface area contributed by atoms with Gasteiger partial charge in [0.05, 0.1) is 7.11 Å². The molecule has 1 aliphatic carbocycles. The van der Waals surface area contributed by atoms with E-state index in [1.165, 1.54) is 0 Å². The molecule has 2 aliphatic rings. The quantitative estimate of drug-likeness (QED) is 0.635. The van der Waals surface area contributed by atoms with Gasteiger partial charge in [-0.25, -0.2) is 0 Å². The van der Waals surface area contributed by atoms with Crippen LogP contribution in [-0.4, -0.2) is 47.9 Å². The summed E-state index contributed by atoms with van der Waals surface area (Å²) in [6.45, 7) is 1.91. The van der Waals surface area contributed by atoms with Crippen molar-refractivity contribution in [2.24, 2.45) is 5.92 Å². The van der Waals surface area contributed by atoms with Crippen LogP contribution in [0.4, 0.5) is 0 Å². The number of ether oxygens (including phenoxy) is 1. The first kappa shape index (κ1) is 21.2. The van der Waals surface area contributed by atoms with Crippen LogP contribution in [0.2, 0.25) is 0 Å². The highest BCUT2D eigenvalue weighted by Crippen LogP contribution is 2.32. The van der Waals surface area contributed by atoms with Crippen molar-refractivity contribution < 1.29 is 14.3 Å². The first-order chi connectivity index (χ1) is 15.1. The minimum absolute atomic E-state index is 0.000927. The largest absolute Gasteiger partial charge is 0.497 e. The molecule has 4 rings (SSSR count). The van der Waals surface area contributed by atoms with Crippen LogP contribution in [0.5, 0.6) is 5.75 Å². The zero-order valence-corrected chi connectivity index (χ0v) is 18.1. The third-order valence-corrected chi connectivity index (χ3v) is 6.16. The molecule has 2 amide bonds. The maximum atomic E-state index is 13.3. The zero-order valence-electron chi connectivity index (χ0n) is 18.1. The molecule has 5 nitrogen and oxygen atoms in total. The van der Waals surface area contributed by atoms with Crippen molar-refractivity contribution in [2.45, 2.75) is 38.3 Å². The van der Waals surface area contributed by atoms with Gasteiger partial charge in [0.25, 0.3) is 0 Å². The van der Waals surface area contributed by atoms with Crippen LogP contribution >= 0.6 is 0 Å². The van der Waals surface area contributed by atoms with Gasteiger partial charge in [0.2, 0.25) is 11.8 Å². The molecule has 1 heterocycles. The molecule has 0 atom stereocenters. The Morgan fingerprint density at radius 1 is 1.00 bits per heavy atom. The molecule has 2 aromatic rings. The number of hydrogen-bond acceptors (Lipinski definition) is 3. The first-order valence-electron chi connectivity index (χ1n) is 11.1. The highest BCUT2D eigenvalue weighted by Gasteiger charge is 2.37. The maximum absolute atomic E-state index is 13.3. The summed E-state index contributed by atoms with van der Waals surface area (Å²) in [7, 11) is 1.66. The van der Waals surface area contributed by atoms with Crippen LogP contribution in [0.25, 0.3) is 6.08 Å². The van der Waals surface area contributed by atoms with Crippen LogP contribution in [0.15, 0.2) is 60.7 Å². The lowest BCUT2D eigenvalue weighted by Crippen LogP contribution is -2.44. The molecule has 0 spiro atoms. The number of nitrogens with zero attached hydrogens (tertiary/aromatic N) is 2. The molecule has 0 unspecified atom stereocenters. The smallest absolute Gasteiger partial charge is 0.246 e. The van der Waals surface area contributed by atoms with E-state index in [0.29, 0.717) is 25.7 Å². The van der Waals surface area contributed by atoms with Crippen LogP contribution in [0.3, 0.4) is 0 Å². The van der Waals surface area contributed by atoms with E-state index in [1.807, 2.05) is 65.6 Å². The van der Waals surface area contributed by atoms with Crippen molar-refractivity contribution in [3.05, 3.63) is 71.8 Å². The van der Waals surface area contributed by atoms with Crippen LogP contribution < -0.4 is 4.74 Å². The van der Waals surface area contributed by atoms with Gasteiger partial charge in [0.15, 0.2) is 0 Å². The fourth-order valence-corrected chi connectivity index (χ4v) is 4.12. The lowest BCUT2D eigenvalue weighted by Gasteiger charge is -2.34. The number of likely N-dealkylation sites (tertiary alicyclic amines) is 1. The van der Waals surface area contributed by atoms with E-state index in [1.54, 1.807) is 13.2 Å². The minimum Gasteiger partial charge on any atom is -0.497 e. The Morgan fingerprint density at radius 2 is 1.68 bits per heavy atom. The van der Waals surface area contributed by atoms with Gasteiger partial charge in [-0.05, 0) is 55.0 Å². The van der Waals surface area contributed by atoms with E-state index in [2.05, 4.69) is 4.90 Å². The number of methoxy groups -OCH3 is 1. The van der Waals surface area contributed by atoms with E-state index < -0.39 is 0 Å². The molecule has 0 bridgehead atoms. The Balaban J connectivity index is 1.32. The molecule has 2 aromatic carbocycles. The number of carbonyl (C=O) groups excluding carboxylic acids is 2. The highest BCUT2D eigenvalue weighted by molar-refractivity contribution is 5.92. The average Bonchev–Trinajstić information content (AvgIpc) is 3.67. The highest BCUT2D eigenvalue weighted by atomic mass is 16.5. The van der Waals surface area contributed by atoms with Crippen LogP contribution in [0.1, 0.15) is 36.8 Å². The Hall–Kier alpha value is -3.08. The van der Waals surface area contributed by atoms with E-state index in [-0.39, 0.29) is 17.7 Å². The average molecular weight is 419 g/mol. The number of benzene rings is 2. The molecule has 31 heavy (non-hydrogen) atoms. The summed E-state index contributed by atoms with van der Waals surface area (Å²) < 4.78 is 5.23. The summed E-state index contributed by atoms with van der Waals surface area (Å²) in [5.74, 6) is 1.09. The van der Waals surface area contributed by atoms with E-state index >= 15 is 0 Å². The standard InChI is InChI=1S/C26H30N2O3/c1-31-24-12-7-21(8-13-24)19-28(23-10-11-23)26(30)22-15-17-27(18-16-22)25(29)14-9-20-5-3-2-4-6-20/h2-9,12-14,22-23H,10-11,15-19H2,1H3. The summed E-state index contributed by atoms with van der Waals surface area (Å²) in [4.78, 5) is 29.7. The Kier molecular flexibility index (Phi) is 6.70. The van der Waals surface area contributed by atoms with Crippen molar-refractivity contribution in [3.63, 3.8) is 0 Å². The van der Waals surface area contributed by atoms with Gasteiger partial charge in [0, 0.05) is 37.7 Å². The number of amides is 2. The molecular weight excluding hydrogens is 388 g/mol. The first-order valence-corrected chi connectivity index (χ1v) is 11.1. The van der Waals surface area contributed by atoms with E-state index in [0.717, 1.165) is 42.6 Å². The summed E-state index contributed by atoms with van der Waals surface area (Å²) in [6, 6.07) is 18.1. The number of carbonyl (C=O) groups is 2. The van der Waals surface area contributed by atoms with Crippen molar-refractivity contribution in [1.82, 2.24) is 9.80 Å². The second kappa shape index (κ2) is 9.82. The monoisotopic (exact) mass is 418 g/mol. The van der Waals surface area contributed by atoms with Crippen molar-refractivity contribution in [2.75, 3.05) is 20.2 Å². The van der Waals surface area contributed by atoms with Gasteiger partial charge in [-0.15, -0.1) is 0 Å². The second-order valence-electron chi connectivity index (χ2n) is 8.39. The van der Waals surface area contributed by atoms with Crippen molar-refractivity contribution in [3.8, 4) is 5.75 Å². The zero-order chi connectivity index (χ0) is 21.6. The van der Waals surface area contributed by atoms with Gasteiger partial charge in [0.1, 0.15) is 5.75 Å². The number of rotatable bonds is 7. The van der Waals surface area contributed by atoms with Crippen molar-refractivity contribution >= 4 is 17.9 Å². The number of piperidine rings is 1. The molecule has 0 aromatic heterocycles.